The number of aromatic amines is 1. The van der Waals surface area contributed by atoms with E-state index in [9.17, 15) is 13.6 Å². The van der Waals surface area contributed by atoms with Gasteiger partial charge in [0.2, 0.25) is 5.75 Å². The predicted molar refractivity (Wildman–Crippen MR) is 138 cm³/mol. The van der Waals surface area contributed by atoms with Crippen LogP contribution >= 0.6 is 0 Å². The quantitative estimate of drug-likeness (QED) is 0.197. The summed E-state index contributed by atoms with van der Waals surface area (Å²) in [5, 5.41) is 0.831. The van der Waals surface area contributed by atoms with Crippen molar-refractivity contribution in [3.05, 3.63) is 83.8 Å². The maximum atomic E-state index is 14.4. The highest BCUT2D eigenvalue weighted by atomic mass is 19.3. The summed E-state index contributed by atoms with van der Waals surface area (Å²) in [5.74, 6) is 0.142. The molecular weight excluding hydrogens is 480 g/mol. The molecule has 0 saturated carbocycles. The lowest BCUT2D eigenvalue weighted by Gasteiger charge is -2.15. The van der Waals surface area contributed by atoms with Gasteiger partial charge in [-0.05, 0) is 36.4 Å². The van der Waals surface area contributed by atoms with Crippen LogP contribution in [0, 0.1) is 0 Å². The van der Waals surface area contributed by atoms with Crippen molar-refractivity contribution >= 4 is 39.4 Å². The molecule has 0 fully saturated rings. The highest BCUT2D eigenvalue weighted by molar-refractivity contribution is 6.32. The van der Waals surface area contributed by atoms with E-state index in [1.165, 1.54) is 33.5 Å². The topological polar surface area (TPSA) is 78.4 Å². The first-order valence-electron chi connectivity index (χ1n) is 11.3. The Morgan fingerprint density at radius 1 is 0.973 bits per heavy atom. The van der Waals surface area contributed by atoms with Crippen molar-refractivity contribution in [1.29, 1.82) is 0 Å². The molecule has 2 heterocycles. The number of H-pyrrole nitrogens is 1. The summed E-state index contributed by atoms with van der Waals surface area (Å²) < 4.78 is 45.8. The highest BCUT2D eigenvalue weighted by Gasteiger charge is 2.27. The van der Waals surface area contributed by atoms with Gasteiger partial charge in [0.05, 0.1) is 37.9 Å². The molecule has 7 nitrogen and oxygen atoms in total. The minimum Gasteiger partial charge on any atom is -0.493 e. The number of carbonyl (C=O) groups excluding carboxylic acids is 1. The number of allylic oxidation sites excluding steroid dienone is 1. The van der Waals surface area contributed by atoms with E-state index in [1.54, 1.807) is 36.5 Å². The van der Waals surface area contributed by atoms with Crippen LogP contribution in [0.5, 0.6) is 17.2 Å². The smallest absolute Gasteiger partial charge is 0.320 e. The van der Waals surface area contributed by atoms with Crippen LogP contribution in [0.1, 0.15) is 28.3 Å². The molecule has 3 aromatic carbocycles. The Hall–Kier alpha value is -4.66. The van der Waals surface area contributed by atoms with Crippen molar-refractivity contribution in [2.75, 3.05) is 21.3 Å². The molecule has 0 aliphatic heterocycles. The number of para-hydroxylation sites is 3. The van der Waals surface area contributed by atoms with Gasteiger partial charge in [-0.15, -0.1) is 0 Å². The molecule has 5 aromatic rings. The molecule has 0 spiro atoms. The van der Waals surface area contributed by atoms with E-state index >= 15 is 0 Å². The van der Waals surface area contributed by atoms with Crippen LogP contribution in [0.4, 0.5) is 8.78 Å². The fourth-order valence-corrected chi connectivity index (χ4v) is 4.40. The number of rotatable bonds is 8. The number of fused-ring (bicyclic) bond motifs is 2. The van der Waals surface area contributed by atoms with Crippen molar-refractivity contribution in [3.8, 4) is 17.2 Å². The van der Waals surface area contributed by atoms with Gasteiger partial charge in [-0.25, -0.2) is 4.98 Å². The molecule has 5 rings (SSSR count). The molecule has 0 saturated heterocycles. The lowest BCUT2D eigenvalue weighted by Crippen LogP contribution is -2.11. The molecule has 0 radical (unpaired) electrons. The summed E-state index contributed by atoms with van der Waals surface area (Å²) in [5.41, 5.74) is 2.20. The first kappa shape index (κ1) is 24.1. The van der Waals surface area contributed by atoms with Crippen LogP contribution in [0.25, 0.3) is 33.6 Å². The summed E-state index contributed by atoms with van der Waals surface area (Å²) >= 11 is 0. The molecule has 2 aromatic heterocycles. The molecular formula is C28H23F2N3O4. The van der Waals surface area contributed by atoms with Crippen molar-refractivity contribution in [2.24, 2.45) is 0 Å². The third-order valence-corrected chi connectivity index (χ3v) is 6.12. The molecule has 0 amide bonds. The van der Waals surface area contributed by atoms with Gasteiger partial charge in [-0.1, -0.05) is 30.3 Å². The Morgan fingerprint density at radius 2 is 1.65 bits per heavy atom. The zero-order valence-corrected chi connectivity index (χ0v) is 20.3. The number of nitrogens with one attached hydrogen (secondary N) is 1. The molecule has 37 heavy (non-hydrogen) atoms. The van der Waals surface area contributed by atoms with E-state index < -0.39 is 12.3 Å². The van der Waals surface area contributed by atoms with E-state index in [2.05, 4.69) is 9.97 Å². The molecule has 188 valence electrons. The second kappa shape index (κ2) is 9.77. The highest BCUT2D eigenvalue weighted by Crippen LogP contribution is 2.40. The zero-order chi connectivity index (χ0) is 26.1. The second-order valence-corrected chi connectivity index (χ2v) is 8.16. The van der Waals surface area contributed by atoms with Crippen molar-refractivity contribution < 1.29 is 27.8 Å². The summed E-state index contributed by atoms with van der Waals surface area (Å²) in [6.07, 6.45) is 3.30. The first-order valence-corrected chi connectivity index (χ1v) is 11.3. The van der Waals surface area contributed by atoms with Crippen LogP contribution in [0.2, 0.25) is 0 Å². The van der Waals surface area contributed by atoms with E-state index in [4.69, 9.17) is 14.2 Å². The molecule has 0 bridgehead atoms. The molecule has 0 atom stereocenters. The van der Waals surface area contributed by atoms with Crippen molar-refractivity contribution in [1.82, 2.24) is 14.5 Å². The number of benzene rings is 3. The van der Waals surface area contributed by atoms with Crippen LogP contribution in [-0.2, 0) is 0 Å². The average molecular weight is 504 g/mol. The Labute approximate surface area is 210 Å². The number of alkyl halides is 2. The van der Waals surface area contributed by atoms with Crippen LogP contribution in [-0.4, -0.2) is 41.6 Å². The third-order valence-electron chi connectivity index (χ3n) is 6.12. The Bertz CT molecular complexity index is 1630. The lowest BCUT2D eigenvalue weighted by atomic mass is 9.99. The minimum absolute atomic E-state index is 0.0180. The number of halogens is 2. The zero-order valence-electron chi connectivity index (χ0n) is 20.3. The summed E-state index contributed by atoms with van der Waals surface area (Å²) in [6.45, 7) is -2.93. The number of ketones is 1. The van der Waals surface area contributed by atoms with Gasteiger partial charge in [-0.2, -0.15) is 8.78 Å². The summed E-state index contributed by atoms with van der Waals surface area (Å²) in [6, 6.07) is 17.0. The summed E-state index contributed by atoms with van der Waals surface area (Å²) in [7, 11) is 4.32. The summed E-state index contributed by atoms with van der Waals surface area (Å²) in [4.78, 5) is 21.7. The van der Waals surface area contributed by atoms with E-state index in [-0.39, 0.29) is 34.0 Å². The van der Waals surface area contributed by atoms with Crippen LogP contribution in [0.15, 0.2) is 66.9 Å². The third kappa shape index (κ3) is 4.18. The van der Waals surface area contributed by atoms with Gasteiger partial charge in [-0.3, -0.25) is 9.36 Å². The molecule has 0 aliphatic carbocycles. The number of imidazole rings is 1. The fourth-order valence-electron chi connectivity index (χ4n) is 4.40. The average Bonchev–Trinajstić information content (AvgIpc) is 3.51. The normalized spacial score (nSPS) is 11.9. The van der Waals surface area contributed by atoms with Crippen LogP contribution < -0.4 is 14.2 Å². The SMILES string of the molecule is COc1cc(C(=O)C(=Cc2c[nH]c3ccccc23)c2nc3ccccc3n2C(F)F)cc(OC)c1OC. The van der Waals surface area contributed by atoms with E-state index in [0.717, 1.165) is 15.5 Å². The number of Topliss-reactive ketones (excluding diaryl/α,β-unsaturated/α-hetero) is 1. The van der Waals surface area contributed by atoms with Gasteiger partial charge in [0.25, 0.3) is 0 Å². The predicted octanol–water partition coefficient (Wildman–Crippen LogP) is 6.36. The number of hydrogen-bond donors (Lipinski definition) is 1. The monoisotopic (exact) mass is 503 g/mol. The fraction of sp³-hybridized carbons (Fsp3) is 0.143. The first-order chi connectivity index (χ1) is 18.0. The largest absolute Gasteiger partial charge is 0.493 e. The van der Waals surface area contributed by atoms with Gasteiger partial charge in [0.1, 0.15) is 5.82 Å². The Kier molecular flexibility index (Phi) is 6.35. The number of carbonyl (C=O) groups is 1. The van der Waals surface area contributed by atoms with E-state index in [0.29, 0.717) is 16.8 Å². The Morgan fingerprint density at radius 3 is 2.32 bits per heavy atom. The number of hydrogen-bond acceptors (Lipinski definition) is 5. The number of aromatic nitrogens is 3. The maximum absolute atomic E-state index is 14.4. The van der Waals surface area contributed by atoms with Gasteiger partial charge < -0.3 is 19.2 Å². The van der Waals surface area contributed by atoms with E-state index in [1.807, 2.05) is 24.3 Å². The molecule has 0 aliphatic rings. The number of methoxy groups -OCH3 is 3. The van der Waals surface area contributed by atoms with Gasteiger partial charge >= 0.3 is 6.55 Å². The number of nitrogens with zero attached hydrogens (tertiary/aromatic N) is 2. The van der Waals surface area contributed by atoms with Crippen LogP contribution in [0.3, 0.4) is 0 Å². The number of ether oxygens (including phenoxy) is 3. The maximum Gasteiger partial charge on any atom is 0.320 e. The standard InChI is InChI=1S/C28H23F2N3O4/c1-35-23-13-16(14-24(36-2)26(23)37-3)25(34)19(12-17-15-31-20-9-5-4-8-18(17)20)27-32-21-10-6-7-11-22(21)33(27)28(29)30/h4-15,28,31H,1-3H3. The molecule has 0 unspecified atom stereocenters. The Balaban J connectivity index is 1.78. The molecule has 9 heteroatoms. The minimum atomic E-state index is -2.93. The van der Waals surface area contributed by atoms with Gasteiger partial charge in [0, 0.05) is 28.2 Å². The lowest BCUT2D eigenvalue weighted by molar-refractivity contribution is 0.0736. The second-order valence-electron chi connectivity index (χ2n) is 8.16. The molecule has 1 N–H and O–H groups in total. The van der Waals surface area contributed by atoms with Gasteiger partial charge in [0.15, 0.2) is 17.3 Å². The van der Waals surface area contributed by atoms with Crippen molar-refractivity contribution in [2.45, 2.75) is 6.55 Å². The van der Waals surface area contributed by atoms with Crippen molar-refractivity contribution in [3.63, 3.8) is 0 Å².